The molecule has 0 bridgehead atoms. The molecular formula is C34H28F4N2O3. The van der Waals surface area contributed by atoms with Crippen LogP contribution in [0.15, 0.2) is 84.9 Å². The second-order valence-corrected chi connectivity index (χ2v) is 10.5. The zero-order valence-electron chi connectivity index (χ0n) is 23.6. The van der Waals surface area contributed by atoms with Gasteiger partial charge in [0.1, 0.15) is 5.82 Å². The largest absolute Gasteiger partial charge is 0.478 e. The molecule has 0 radical (unpaired) electrons. The number of amides is 1. The Hall–Kier alpha value is -4.92. The lowest BCUT2D eigenvalue weighted by atomic mass is 9.99. The minimum absolute atomic E-state index is 0.229. The fourth-order valence-corrected chi connectivity index (χ4v) is 5.30. The Bertz CT molecular complexity index is 1860. The number of nitrogens with zero attached hydrogens (tertiary/aromatic N) is 1. The summed E-state index contributed by atoms with van der Waals surface area (Å²) in [5.41, 5.74) is 4.57. The van der Waals surface area contributed by atoms with Crippen LogP contribution in [0.3, 0.4) is 0 Å². The first-order valence-electron chi connectivity index (χ1n) is 13.5. The van der Waals surface area contributed by atoms with Crippen molar-refractivity contribution in [3.63, 3.8) is 0 Å². The molecule has 0 saturated heterocycles. The van der Waals surface area contributed by atoms with Gasteiger partial charge in [0.15, 0.2) is 0 Å². The van der Waals surface area contributed by atoms with Crippen molar-refractivity contribution in [3.05, 3.63) is 130 Å². The molecule has 9 heteroatoms. The first kappa shape index (κ1) is 29.6. The third-order valence-electron chi connectivity index (χ3n) is 7.80. The number of aromatic nitrogens is 1. The number of hydrogen-bond donors (Lipinski definition) is 2. The third kappa shape index (κ3) is 5.88. The van der Waals surface area contributed by atoms with E-state index in [1.165, 1.54) is 6.92 Å². The van der Waals surface area contributed by atoms with Crippen molar-refractivity contribution in [2.75, 3.05) is 0 Å². The van der Waals surface area contributed by atoms with Gasteiger partial charge in [0.2, 0.25) is 0 Å². The highest BCUT2D eigenvalue weighted by Crippen LogP contribution is 2.33. The fraction of sp³-hybridized carbons (Fsp3) is 0.176. The normalized spacial score (nSPS) is 12.3. The molecular weight excluding hydrogens is 560 g/mol. The van der Waals surface area contributed by atoms with Gasteiger partial charge < -0.3 is 15.0 Å². The van der Waals surface area contributed by atoms with Gasteiger partial charge in [0.25, 0.3) is 5.91 Å². The molecule has 0 aliphatic carbocycles. The number of nitrogens with one attached hydrogen (secondary N) is 1. The average molecular weight is 589 g/mol. The Kier molecular flexibility index (Phi) is 7.84. The molecule has 220 valence electrons. The molecule has 0 saturated carbocycles. The highest BCUT2D eigenvalue weighted by atomic mass is 19.4. The second kappa shape index (κ2) is 11.4. The minimum Gasteiger partial charge on any atom is -0.478 e. The van der Waals surface area contributed by atoms with E-state index in [-0.39, 0.29) is 11.1 Å². The number of carboxylic acids is 1. The highest BCUT2D eigenvalue weighted by Gasteiger charge is 2.32. The molecule has 5 nitrogen and oxygen atoms in total. The molecule has 1 amide bonds. The van der Waals surface area contributed by atoms with Crippen LogP contribution < -0.4 is 5.32 Å². The van der Waals surface area contributed by atoms with Gasteiger partial charge in [0.05, 0.1) is 17.2 Å². The maximum atomic E-state index is 14.4. The molecule has 1 aromatic heterocycles. The van der Waals surface area contributed by atoms with Crippen LogP contribution in [0, 0.1) is 19.7 Å². The van der Waals surface area contributed by atoms with Crippen LogP contribution in [0.2, 0.25) is 0 Å². The lowest BCUT2D eigenvalue weighted by Gasteiger charge is -2.17. The predicted molar refractivity (Wildman–Crippen MR) is 157 cm³/mol. The number of benzene rings is 4. The Morgan fingerprint density at radius 1 is 0.930 bits per heavy atom. The molecule has 5 aromatic rings. The minimum atomic E-state index is -4.63. The van der Waals surface area contributed by atoms with E-state index in [1.54, 1.807) is 36.4 Å². The van der Waals surface area contributed by atoms with Crippen LogP contribution in [0.5, 0.6) is 0 Å². The van der Waals surface area contributed by atoms with E-state index in [9.17, 15) is 32.3 Å². The van der Waals surface area contributed by atoms with Crippen molar-refractivity contribution in [2.45, 2.75) is 39.5 Å². The van der Waals surface area contributed by atoms with Gasteiger partial charge in [-0.2, -0.15) is 13.2 Å². The fourth-order valence-electron chi connectivity index (χ4n) is 5.30. The number of carbonyl (C=O) groups excluding carboxylic acids is 1. The summed E-state index contributed by atoms with van der Waals surface area (Å²) in [6, 6.07) is 20.8. The van der Waals surface area contributed by atoms with Crippen LogP contribution in [-0.4, -0.2) is 21.6 Å². The van der Waals surface area contributed by atoms with Crippen LogP contribution in [0.4, 0.5) is 17.6 Å². The molecule has 0 fully saturated rings. The van der Waals surface area contributed by atoms with E-state index in [2.05, 4.69) is 9.88 Å². The van der Waals surface area contributed by atoms with E-state index in [0.29, 0.717) is 29.8 Å². The van der Waals surface area contributed by atoms with Gasteiger partial charge in [-0.3, -0.25) is 4.79 Å². The number of rotatable bonds is 7. The number of hydrogen-bond acceptors (Lipinski definition) is 2. The Morgan fingerprint density at radius 3 is 2.30 bits per heavy atom. The summed E-state index contributed by atoms with van der Waals surface area (Å²) in [7, 11) is 0. The lowest BCUT2D eigenvalue weighted by molar-refractivity contribution is -0.137. The highest BCUT2D eigenvalue weighted by molar-refractivity contribution is 5.99. The van der Waals surface area contributed by atoms with Crippen molar-refractivity contribution in [1.82, 2.24) is 9.88 Å². The average Bonchev–Trinajstić information content (AvgIpc) is 3.21. The maximum Gasteiger partial charge on any atom is 0.416 e. The van der Waals surface area contributed by atoms with Gasteiger partial charge in [-0.25, -0.2) is 9.18 Å². The van der Waals surface area contributed by atoms with Crippen LogP contribution in [-0.2, 0) is 12.7 Å². The van der Waals surface area contributed by atoms with E-state index in [4.69, 9.17) is 0 Å². The molecule has 0 aliphatic rings. The number of alkyl halides is 3. The Balaban J connectivity index is 1.38. The Labute approximate surface area is 245 Å². The van der Waals surface area contributed by atoms with E-state index >= 15 is 0 Å². The molecule has 0 aliphatic heterocycles. The summed E-state index contributed by atoms with van der Waals surface area (Å²) in [4.78, 5) is 24.7. The number of carboxylic acid groups (broad SMARTS) is 1. The first-order chi connectivity index (χ1) is 20.3. The van der Waals surface area contributed by atoms with Crippen molar-refractivity contribution >= 4 is 22.8 Å². The van der Waals surface area contributed by atoms with Crippen LogP contribution >= 0.6 is 0 Å². The molecule has 43 heavy (non-hydrogen) atoms. The smallest absolute Gasteiger partial charge is 0.416 e. The van der Waals surface area contributed by atoms with Crippen molar-refractivity contribution < 1.29 is 32.3 Å². The summed E-state index contributed by atoms with van der Waals surface area (Å²) in [6.45, 7) is 5.90. The lowest BCUT2D eigenvalue weighted by Crippen LogP contribution is -2.27. The molecule has 5 rings (SSSR count). The molecule has 0 spiro atoms. The van der Waals surface area contributed by atoms with Gasteiger partial charge in [-0.15, -0.1) is 0 Å². The van der Waals surface area contributed by atoms with E-state index in [1.807, 2.05) is 44.2 Å². The number of aryl methyl sites for hydroxylation is 1. The zero-order chi connectivity index (χ0) is 31.1. The topological polar surface area (TPSA) is 71.3 Å². The summed E-state index contributed by atoms with van der Waals surface area (Å²) in [6.07, 6.45) is -4.63. The number of fused-ring (bicyclic) bond motifs is 1. The third-order valence-corrected chi connectivity index (χ3v) is 7.80. The summed E-state index contributed by atoms with van der Waals surface area (Å²) in [5, 5.41) is 13.0. The van der Waals surface area contributed by atoms with E-state index in [0.717, 1.165) is 39.4 Å². The van der Waals surface area contributed by atoms with Gasteiger partial charge in [-0.1, -0.05) is 42.5 Å². The monoisotopic (exact) mass is 588 g/mol. The summed E-state index contributed by atoms with van der Waals surface area (Å²) >= 11 is 0. The quantitative estimate of drug-likeness (QED) is 0.188. The molecule has 1 atom stereocenters. The van der Waals surface area contributed by atoms with Gasteiger partial charge in [0, 0.05) is 34.3 Å². The summed E-state index contributed by atoms with van der Waals surface area (Å²) in [5.74, 6) is -2.36. The van der Waals surface area contributed by atoms with E-state index < -0.39 is 35.5 Å². The van der Waals surface area contributed by atoms with Crippen molar-refractivity contribution in [3.8, 4) is 11.1 Å². The van der Waals surface area contributed by atoms with Crippen molar-refractivity contribution in [1.29, 1.82) is 0 Å². The second-order valence-electron chi connectivity index (χ2n) is 10.5. The predicted octanol–water partition coefficient (Wildman–Crippen LogP) is 8.32. The molecule has 1 heterocycles. The molecule has 1 unspecified atom stereocenters. The number of halogens is 4. The maximum absolute atomic E-state index is 14.4. The zero-order valence-corrected chi connectivity index (χ0v) is 23.6. The van der Waals surface area contributed by atoms with Crippen LogP contribution in [0.25, 0.3) is 22.0 Å². The standard InChI is InChI=1S/C34H28F4N2O3/c1-19-21(3)40(18-22-8-10-23(11-9-22)26-6-4-5-7-27(26)33(42)43)31-15-12-24(16-28(19)31)32(41)39-20(2)29-17-25(34(36,37)38)13-14-30(29)35/h4-17,20H,18H2,1-3H3,(H,39,41)(H,42,43). The molecule has 4 aromatic carbocycles. The molecule has 2 N–H and O–H groups in total. The van der Waals surface area contributed by atoms with Gasteiger partial charge >= 0.3 is 12.1 Å². The first-order valence-corrected chi connectivity index (χ1v) is 13.5. The van der Waals surface area contributed by atoms with Crippen LogP contribution in [0.1, 0.15) is 61.6 Å². The SMILES string of the molecule is Cc1c(C)n(Cc2ccc(-c3ccccc3C(=O)O)cc2)c2ccc(C(=O)NC(C)c3cc(C(F)(F)F)ccc3F)cc12. The van der Waals surface area contributed by atoms with Gasteiger partial charge in [-0.05, 0) is 85.5 Å². The summed E-state index contributed by atoms with van der Waals surface area (Å²) < 4.78 is 55.9. The Morgan fingerprint density at radius 2 is 1.63 bits per heavy atom. The number of carbonyl (C=O) groups is 2. The number of aromatic carboxylic acids is 1. The van der Waals surface area contributed by atoms with Crippen molar-refractivity contribution in [2.24, 2.45) is 0 Å².